The number of nitrogens with zero attached hydrogens (tertiary/aromatic N) is 1. The Hall–Kier alpha value is -1.42. The third kappa shape index (κ3) is 2.22. The standard InChI is InChI=1S/C12H14FNO2/c13-10-6-7-14(8-10)11(12(15)16)9-4-2-1-3-5-9/h1-5,10-11H,6-8H2,(H,15,16)/t10-,11-/m1/s1. The average molecular weight is 223 g/mol. The fraction of sp³-hybridized carbons (Fsp3) is 0.417. The summed E-state index contributed by atoms with van der Waals surface area (Å²) in [5.74, 6) is -0.916. The molecular formula is C12H14FNO2. The molecule has 0 spiro atoms. The van der Waals surface area contributed by atoms with E-state index in [-0.39, 0.29) is 6.54 Å². The summed E-state index contributed by atoms with van der Waals surface area (Å²) in [6.07, 6.45) is -0.470. The molecule has 0 unspecified atom stereocenters. The van der Waals surface area contributed by atoms with Gasteiger partial charge in [-0.25, -0.2) is 4.39 Å². The summed E-state index contributed by atoms with van der Waals surface area (Å²) < 4.78 is 13.1. The van der Waals surface area contributed by atoms with E-state index in [9.17, 15) is 14.3 Å². The van der Waals surface area contributed by atoms with Gasteiger partial charge in [0.1, 0.15) is 12.2 Å². The molecule has 16 heavy (non-hydrogen) atoms. The monoisotopic (exact) mass is 223 g/mol. The maximum atomic E-state index is 13.1. The molecule has 0 amide bonds. The molecule has 3 nitrogen and oxygen atoms in total. The Morgan fingerprint density at radius 2 is 2.12 bits per heavy atom. The van der Waals surface area contributed by atoms with Gasteiger partial charge in [0.05, 0.1) is 0 Å². The Balaban J connectivity index is 2.21. The summed E-state index contributed by atoms with van der Waals surface area (Å²) >= 11 is 0. The minimum Gasteiger partial charge on any atom is -0.480 e. The first-order chi connectivity index (χ1) is 7.68. The fourth-order valence-corrected chi connectivity index (χ4v) is 2.12. The first-order valence-electron chi connectivity index (χ1n) is 5.34. The van der Waals surface area contributed by atoms with Gasteiger partial charge in [0.2, 0.25) is 0 Å². The number of alkyl halides is 1. The lowest BCUT2D eigenvalue weighted by Gasteiger charge is -2.23. The molecule has 1 heterocycles. The molecule has 1 aliphatic heterocycles. The van der Waals surface area contributed by atoms with E-state index in [0.29, 0.717) is 18.5 Å². The van der Waals surface area contributed by atoms with Gasteiger partial charge >= 0.3 is 5.97 Å². The zero-order valence-corrected chi connectivity index (χ0v) is 8.84. The zero-order chi connectivity index (χ0) is 11.5. The van der Waals surface area contributed by atoms with Crippen LogP contribution in [0.25, 0.3) is 0 Å². The predicted molar refractivity (Wildman–Crippen MR) is 57.9 cm³/mol. The molecule has 0 bridgehead atoms. The van der Waals surface area contributed by atoms with Crippen LogP contribution in [0.2, 0.25) is 0 Å². The van der Waals surface area contributed by atoms with Crippen LogP contribution in [0.15, 0.2) is 30.3 Å². The number of halogens is 1. The molecule has 2 rings (SSSR count). The van der Waals surface area contributed by atoms with Crippen molar-refractivity contribution in [1.82, 2.24) is 4.90 Å². The molecule has 0 radical (unpaired) electrons. The van der Waals surface area contributed by atoms with Gasteiger partial charge in [0.25, 0.3) is 0 Å². The number of carboxylic acids is 1. The van der Waals surface area contributed by atoms with E-state index >= 15 is 0 Å². The van der Waals surface area contributed by atoms with Crippen molar-refractivity contribution in [3.63, 3.8) is 0 Å². The number of likely N-dealkylation sites (tertiary alicyclic amines) is 1. The van der Waals surface area contributed by atoms with E-state index in [1.807, 2.05) is 6.07 Å². The molecule has 0 aliphatic carbocycles. The van der Waals surface area contributed by atoms with Crippen molar-refractivity contribution < 1.29 is 14.3 Å². The molecule has 86 valence electrons. The second-order valence-electron chi connectivity index (χ2n) is 4.03. The van der Waals surface area contributed by atoms with E-state index < -0.39 is 18.2 Å². The molecule has 1 aromatic rings. The van der Waals surface area contributed by atoms with Crippen LogP contribution in [0, 0.1) is 0 Å². The first-order valence-corrected chi connectivity index (χ1v) is 5.34. The number of hydrogen-bond donors (Lipinski definition) is 1. The summed E-state index contributed by atoms with van der Waals surface area (Å²) in [7, 11) is 0. The molecule has 1 fully saturated rings. The lowest BCUT2D eigenvalue weighted by atomic mass is 10.1. The van der Waals surface area contributed by atoms with E-state index in [0.717, 1.165) is 0 Å². The predicted octanol–water partition coefficient (Wildman–Crippen LogP) is 1.86. The van der Waals surface area contributed by atoms with E-state index in [2.05, 4.69) is 0 Å². The Labute approximate surface area is 93.5 Å². The quantitative estimate of drug-likeness (QED) is 0.850. The minimum atomic E-state index is -0.916. The van der Waals surface area contributed by atoms with Crippen LogP contribution in [-0.4, -0.2) is 35.2 Å². The van der Waals surface area contributed by atoms with Crippen LogP contribution in [0.3, 0.4) is 0 Å². The number of hydrogen-bond acceptors (Lipinski definition) is 2. The second kappa shape index (κ2) is 4.61. The highest BCUT2D eigenvalue weighted by Gasteiger charge is 2.33. The zero-order valence-electron chi connectivity index (χ0n) is 8.84. The summed E-state index contributed by atoms with van der Waals surface area (Å²) in [6, 6.07) is 8.25. The Morgan fingerprint density at radius 3 is 2.62 bits per heavy atom. The van der Waals surface area contributed by atoms with E-state index in [4.69, 9.17) is 0 Å². The molecule has 0 aromatic heterocycles. The van der Waals surface area contributed by atoms with E-state index in [1.165, 1.54) is 0 Å². The smallest absolute Gasteiger partial charge is 0.325 e. The maximum absolute atomic E-state index is 13.1. The molecule has 0 saturated carbocycles. The van der Waals surface area contributed by atoms with Gasteiger partial charge in [0, 0.05) is 13.1 Å². The van der Waals surface area contributed by atoms with Crippen molar-refractivity contribution in [1.29, 1.82) is 0 Å². The van der Waals surface area contributed by atoms with Gasteiger partial charge in [-0.05, 0) is 12.0 Å². The minimum absolute atomic E-state index is 0.214. The highest BCUT2D eigenvalue weighted by Crippen LogP contribution is 2.26. The van der Waals surface area contributed by atoms with Crippen molar-refractivity contribution in [3.8, 4) is 0 Å². The number of rotatable bonds is 3. The number of carbonyl (C=O) groups is 1. The summed E-state index contributed by atoms with van der Waals surface area (Å²) in [5, 5.41) is 9.21. The van der Waals surface area contributed by atoms with Gasteiger partial charge in [-0.15, -0.1) is 0 Å². The maximum Gasteiger partial charge on any atom is 0.325 e. The highest BCUT2D eigenvalue weighted by molar-refractivity contribution is 5.75. The van der Waals surface area contributed by atoms with Crippen LogP contribution < -0.4 is 0 Å². The second-order valence-corrected chi connectivity index (χ2v) is 4.03. The normalized spacial score (nSPS) is 23.2. The molecule has 1 aliphatic rings. The molecular weight excluding hydrogens is 209 g/mol. The van der Waals surface area contributed by atoms with Crippen molar-refractivity contribution in [3.05, 3.63) is 35.9 Å². The Morgan fingerprint density at radius 1 is 1.44 bits per heavy atom. The summed E-state index contributed by atoms with van der Waals surface area (Å²) in [6.45, 7) is 0.721. The Kier molecular flexibility index (Phi) is 3.19. The van der Waals surface area contributed by atoms with Crippen LogP contribution in [0.5, 0.6) is 0 Å². The first kappa shape index (κ1) is 11.1. The van der Waals surface area contributed by atoms with Gasteiger partial charge in [-0.2, -0.15) is 0 Å². The van der Waals surface area contributed by atoms with Crippen LogP contribution in [-0.2, 0) is 4.79 Å². The van der Waals surface area contributed by atoms with Crippen LogP contribution >= 0.6 is 0 Å². The largest absolute Gasteiger partial charge is 0.480 e. The van der Waals surface area contributed by atoms with E-state index in [1.54, 1.807) is 29.2 Å². The van der Waals surface area contributed by atoms with Crippen LogP contribution in [0.4, 0.5) is 4.39 Å². The number of benzene rings is 1. The topological polar surface area (TPSA) is 40.5 Å². The summed E-state index contributed by atoms with van der Waals surface area (Å²) in [4.78, 5) is 12.9. The lowest BCUT2D eigenvalue weighted by Crippen LogP contribution is -2.32. The SMILES string of the molecule is O=C(O)[C@@H](c1ccccc1)N1CC[C@@H](F)C1. The Bertz CT molecular complexity index is 369. The third-order valence-electron chi connectivity index (χ3n) is 2.88. The fourth-order valence-electron chi connectivity index (χ4n) is 2.12. The van der Waals surface area contributed by atoms with Crippen molar-refractivity contribution in [2.24, 2.45) is 0 Å². The lowest BCUT2D eigenvalue weighted by molar-refractivity contribution is -0.143. The molecule has 2 atom stereocenters. The van der Waals surface area contributed by atoms with Crippen LogP contribution in [0.1, 0.15) is 18.0 Å². The van der Waals surface area contributed by atoms with Gasteiger partial charge < -0.3 is 5.11 Å². The van der Waals surface area contributed by atoms with Gasteiger partial charge in [-0.1, -0.05) is 30.3 Å². The number of carboxylic acid groups (broad SMARTS) is 1. The number of aliphatic carboxylic acids is 1. The molecule has 1 N–H and O–H groups in total. The van der Waals surface area contributed by atoms with Gasteiger partial charge in [0.15, 0.2) is 0 Å². The van der Waals surface area contributed by atoms with Crippen molar-refractivity contribution >= 4 is 5.97 Å². The summed E-state index contributed by atoms with van der Waals surface area (Å²) in [5.41, 5.74) is 0.712. The third-order valence-corrected chi connectivity index (χ3v) is 2.88. The highest BCUT2D eigenvalue weighted by atomic mass is 19.1. The van der Waals surface area contributed by atoms with Crippen molar-refractivity contribution in [2.45, 2.75) is 18.6 Å². The van der Waals surface area contributed by atoms with Gasteiger partial charge in [-0.3, -0.25) is 9.69 Å². The molecule has 1 aromatic carbocycles. The molecule has 1 saturated heterocycles. The average Bonchev–Trinajstić information content (AvgIpc) is 2.66. The van der Waals surface area contributed by atoms with Crippen molar-refractivity contribution in [2.75, 3.05) is 13.1 Å². The molecule has 4 heteroatoms.